The van der Waals surface area contributed by atoms with Crippen molar-refractivity contribution in [1.29, 1.82) is 0 Å². The number of carbonyl (C=O) groups is 1. The van der Waals surface area contributed by atoms with Crippen LogP contribution in [0.5, 0.6) is 0 Å². The Kier molecular flexibility index (Phi) is 4.87. The minimum atomic E-state index is -3.15. The summed E-state index contributed by atoms with van der Waals surface area (Å²) in [4.78, 5) is 12.5. The molecular formula is C18H22N2O3S. The molecule has 1 aliphatic rings. The van der Waals surface area contributed by atoms with Gasteiger partial charge in [0, 0.05) is 24.7 Å². The minimum Gasteiger partial charge on any atom is -0.326 e. The summed E-state index contributed by atoms with van der Waals surface area (Å²) in [6.45, 7) is 2.49. The van der Waals surface area contributed by atoms with Crippen molar-refractivity contribution < 1.29 is 13.2 Å². The van der Waals surface area contributed by atoms with Crippen molar-refractivity contribution in [2.45, 2.75) is 19.8 Å². The predicted molar refractivity (Wildman–Crippen MR) is 96.3 cm³/mol. The fourth-order valence-corrected chi connectivity index (χ4v) is 4.22. The molecule has 2 aromatic carbocycles. The summed E-state index contributed by atoms with van der Waals surface area (Å²) in [5, 5.41) is 5.18. The minimum absolute atomic E-state index is 0.0289. The van der Waals surface area contributed by atoms with Gasteiger partial charge in [0.05, 0.1) is 5.75 Å². The third kappa shape index (κ3) is 3.60. The summed E-state index contributed by atoms with van der Waals surface area (Å²) >= 11 is 0. The van der Waals surface area contributed by atoms with Crippen LogP contribution in [0.4, 0.5) is 5.69 Å². The van der Waals surface area contributed by atoms with E-state index in [2.05, 4.69) is 5.32 Å². The van der Waals surface area contributed by atoms with E-state index in [-0.39, 0.29) is 17.6 Å². The van der Waals surface area contributed by atoms with Gasteiger partial charge in [-0.05, 0) is 42.7 Å². The first kappa shape index (κ1) is 16.9. The van der Waals surface area contributed by atoms with E-state index < -0.39 is 10.0 Å². The van der Waals surface area contributed by atoms with Crippen LogP contribution in [0.15, 0.2) is 42.5 Å². The molecular weight excluding hydrogens is 324 g/mol. The third-order valence-electron chi connectivity index (χ3n) is 4.60. The fourth-order valence-electron chi connectivity index (χ4n) is 3.09. The summed E-state index contributed by atoms with van der Waals surface area (Å²) in [5.41, 5.74) is 0.780. The van der Waals surface area contributed by atoms with Gasteiger partial charge in [0.2, 0.25) is 15.9 Å². The van der Waals surface area contributed by atoms with Gasteiger partial charge >= 0.3 is 0 Å². The Balaban J connectivity index is 1.63. The largest absolute Gasteiger partial charge is 0.326 e. The van der Waals surface area contributed by atoms with Crippen molar-refractivity contribution in [2.24, 2.45) is 5.92 Å². The SMILES string of the molecule is CCS(=O)(=O)N1CCC(C(=O)Nc2ccc3ccccc3c2)CC1. The van der Waals surface area contributed by atoms with Gasteiger partial charge in [0.15, 0.2) is 0 Å². The highest BCUT2D eigenvalue weighted by Crippen LogP contribution is 2.23. The number of hydrogen-bond donors (Lipinski definition) is 1. The molecule has 1 saturated heterocycles. The molecule has 1 fully saturated rings. The lowest BCUT2D eigenvalue weighted by molar-refractivity contribution is -0.120. The molecule has 0 unspecified atom stereocenters. The Morgan fingerprint density at radius 2 is 1.79 bits per heavy atom. The van der Waals surface area contributed by atoms with Gasteiger partial charge in [-0.2, -0.15) is 0 Å². The maximum atomic E-state index is 12.5. The zero-order chi connectivity index (χ0) is 17.2. The Morgan fingerprint density at radius 3 is 2.46 bits per heavy atom. The molecule has 0 spiro atoms. The Labute approximate surface area is 142 Å². The van der Waals surface area contributed by atoms with E-state index in [0.29, 0.717) is 25.9 Å². The topological polar surface area (TPSA) is 66.5 Å². The normalized spacial score (nSPS) is 17.0. The molecule has 1 aliphatic heterocycles. The monoisotopic (exact) mass is 346 g/mol. The zero-order valence-electron chi connectivity index (χ0n) is 13.7. The smallest absolute Gasteiger partial charge is 0.227 e. The van der Waals surface area contributed by atoms with Crippen molar-refractivity contribution in [3.05, 3.63) is 42.5 Å². The molecule has 1 heterocycles. The van der Waals surface area contributed by atoms with Crippen molar-refractivity contribution in [1.82, 2.24) is 4.31 Å². The van der Waals surface area contributed by atoms with Crippen molar-refractivity contribution in [2.75, 3.05) is 24.2 Å². The molecule has 128 valence electrons. The lowest BCUT2D eigenvalue weighted by atomic mass is 9.97. The van der Waals surface area contributed by atoms with Crippen molar-refractivity contribution in [3.8, 4) is 0 Å². The molecule has 0 radical (unpaired) electrons. The first-order chi connectivity index (χ1) is 11.5. The highest BCUT2D eigenvalue weighted by molar-refractivity contribution is 7.89. The van der Waals surface area contributed by atoms with E-state index in [4.69, 9.17) is 0 Å². The van der Waals surface area contributed by atoms with Crippen LogP contribution in [0.2, 0.25) is 0 Å². The van der Waals surface area contributed by atoms with E-state index in [1.165, 1.54) is 4.31 Å². The lowest BCUT2D eigenvalue weighted by Crippen LogP contribution is -2.42. The molecule has 0 atom stereocenters. The Hall–Kier alpha value is -1.92. The quantitative estimate of drug-likeness (QED) is 0.926. The average molecular weight is 346 g/mol. The molecule has 0 aromatic heterocycles. The lowest BCUT2D eigenvalue weighted by Gasteiger charge is -2.30. The van der Waals surface area contributed by atoms with Gasteiger partial charge in [-0.3, -0.25) is 4.79 Å². The number of anilines is 1. The molecule has 1 amide bonds. The number of sulfonamides is 1. The molecule has 5 nitrogen and oxygen atoms in total. The molecule has 6 heteroatoms. The fraction of sp³-hybridized carbons (Fsp3) is 0.389. The van der Waals surface area contributed by atoms with E-state index >= 15 is 0 Å². The summed E-state index contributed by atoms with van der Waals surface area (Å²) in [7, 11) is -3.15. The van der Waals surface area contributed by atoms with Crippen LogP contribution in [-0.2, 0) is 14.8 Å². The van der Waals surface area contributed by atoms with E-state index in [1.54, 1.807) is 6.92 Å². The van der Waals surface area contributed by atoms with Gasteiger partial charge in [0.1, 0.15) is 0 Å². The second-order valence-electron chi connectivity index (χ2n) is 6.13. The Bertz CT molecular complexity index is 840. The first-order valence-electron chi connectivity index (χ1n) is 8.27. The standard InChI is InChI=1S/C18H22N2O3S/c1-2-24(22,23)20-11-9-15(10-12-20)18(21)19-17-8-7-14-5-3-4-6-16(14)13-17/h3-8,13,15H,2,9-12H2,1H3,(H,19,21). The summed E-state index contributed by atoms with van der Waals surface area (Å²) in [6, 6.07) is 13.8. The molecule has 24 heavy (non-hydrogen) atoms. The van der Waals surface area contributed by atoms with Crippen LogP contribution >= 0.6 is 0 Å². The van der Waals surface area contributed by atoms with Crippen molar-refractivity contribution in [3.63, 3.8) is 0 Å². The van der Waals surface area contributed by atoms with E-state index in [0.717, 1.165) is 16.5 Å². The number of nitrogens with one attached hydrogen (secondary N) is 1. The van der Waals surface area contributed by atoms with E-state index in [9.17, 15) is 13.2 Å². The second-order valence-corrected chi connectivity index (χ2v) is 8.38. The number of carbonyl (C=O) groups excluding carboxylic acids is 1. The number of fused-ring (bicyclic) bond motifs is 1. The van der Waals surface area contributed by atoms with Crippen LogP contribution in [0.3, 0.4) is 0 Å². The van der Waals surface area contributed by atoms with Crippen LogP contribution in [0, 0.1) is 5.92 Å². The number of piperidine rings is 1. The highest BCUT2D eigenvalue weighted by Gasteiger charge is 2.30. The number of hydrogen-bond acceptors (Lipinski definition) is 3. The number of rotatable bonds is 4. The van der Waals surface area contributed by atoms with Crippen LogP contribution in [-0.4, -0.2) is 37.5 Å². The van der Waals surface area contributed by atoms with Crippen LogP contribution < -0.4 is 5.32 Å². The number of nitrogens with zero attached hydrogens (tertiary/aromatic N) is 1. The van der Waals surface area contributed by atoms with E-state index in [1.807, 2.05) is 42.5 Å². The molecule has 0 saturated carbocycles. The van der Waals surface area contributed by atoms with Crippen molar-refractivity contribution >= 4 is 32.4 Å². The molecule has 0 aliphatic carbocycles. The maximum Gasteiger partial charge on any atom is 0.227 e. The molecule has 0 bridgehead atoms. The van der Waals surface area contributed by atoms with Gasteiger partial charge in [0.25, 0.3) is 0 Å². The molecule has 3 rings (SSSR count). The summed E-state index contributed by atoms with van der Waals surface area (Å²) in [5.74, 6) is -0.0559. The maximum absolute atomic E-state index is 12.5. The zero-order valence-corrected chi connectivity index (χ0v) is 14.6. The first-order valence-corrected chi connectivity index (χ1v) is 9.88. The molecule has 2 aromatic rings. The average Bonchev–Trinajstić information content (AvgIpc) is 2.61. The number of amides is 1. The van der Waals surface area contributed by atoms with Crippen LogP contribution in [0.25, 0.3) is 10.8 Å². The molecule has 1 N–H and O–H groups in total. The third-order valence-corrected chi connectivity index (χ3v) is 6.48. The van der Waals surface area contributed by atoms with Gasteiger partial charge in [-0.15, -0.1) is 0 Å². The summed E-state index contributed by atoms with van der Waals surface area (Å²) in [6.07, 6.45) is 1.14. The van der Waals surface area contributed by atoms with Gasteiger partial charge in [-0.25, -0.2) is 12.7 Å². The predicted octanol–water partition coefficient (Wildman–Crippen LogP) is 2.84. The van der Waals surface area contributed by atoms with Gasteiger partial charge in [-0.1, -0.05) is 30.3 Å². The summed E-state index contributed by atoms with van der Waals surface area (Å²) < 4.78 is 25.2. The van der Waals surface area contributed by atoms with Gasteiger partial charge < -0.3 is 5.32 Å². The second kappa shape index (κ2) is 6.91. The highest BCUT2D eigenvalue weighted by atomic mass is 32.2. The Morgan fingerprint density at radius 1 is 1.12 bits per heavy atom. The number of benzene rings is 2. The van der Waals surface area contributed by atoms with Crippen LogP contribution in [0.1, 0.15) is 19.8 Å².